The van der Waals surface area contributed by atoms with Gasteiger partial charge in [0.15, 0.2) is 5.17 Å². The molecule has 0 aromatic heterocycles. The first kappa shape index (κ1) is 11.6. The molecule has 2 heterocycles. The first-order valence-electron chi connectivity index (χ1n) is 5.80. The van der Waals surface area contributed by atoms with Crippen molar-refractivity contribution in [1.29, 1.82) is 0 Å². The van der Waals surface area contributed by atoms with E-state index in [9.17, 15) is 0 Å². The number of nitrogens with one attached hydrogen (secondary N) is 1. The average Bonchev–Trinajstić information content (AvgIpc) is 2.68. The quantitative estimate of drug-likeness (QED) is 0.808. The Hall–Kier alpha value is 0.170. The Morgan fingerprint density at radius 1 is 1.33 bits per heavy atom. The number of amidine groups is 1. The predicted molar refractivity (Wildman–Crippen MR) is 72.0 cm³/mol. The number of nitrogens with zero attached hydrogens (tertiary/aromatic N) is 1. The minimum Gasteiger partial charge on any atom is -0.362 e. The zero-order chi connectivity index (χ0) is 10.7. The van der Waals surface area contributed by atoms with E-state index in [1.54, 1.807) is 0 Å². The van der Waals surface area contributed by atoms with Gasteiger partial charge >= 0.3 is 0 Å². The molecule has 0 aromatic rings. The van der Waals surface area contributed by atoms with E-state index in [4.69, 9.17) is 4.99 Å². The highest BCUT2D eigenvalue weighted by molar-refractivity contribution is 8.14. The van der Waals surface area contributed by atoms with Gasteiger partial charge in [0.2, 0.25) is 0 Å². The van der Waals surface area contributed by atoms with Crippen LogP contribution >= 0.6 is 23.5 Å². The highest BCUT2D eigenvalue weighted by Crippen LogP contribution is 2.24. The molecule has 0 aromatic carbocycles. The lowest BCUT2D eigenvalue weighted by Crippen LogP contribution is -2.35. The van der Waals surface area contributed by atoms with Crippen LogP contribution in [0.15, 0.2) is 4.99 Å². The van der Waals surface area contributed by atoms with E-state index < -0.39 is 0 Å². The van der Waals surface area contributed by atoms with Crippen LogP contribution in [0.4, 0.5) is 0 Å². The molecule has 2 rings (SSSR count). The topological polar surface area (TPSA) is 24.4 Å². The minimum absolute atomic E-state index is 0.537. The van der Waals surface area contributed by atoms with Gasteiger partial charge in [-0.1, -0.05) is 25.6 Å². The molecule has 15 heavy (non-hydrogen) atoms. The lowest BCUT2D eigenvalue weighted by molar-refractivity contribution is 0.535. The van der Waals surface area contributed by atoms with E-state index in [0.29, 0.717) is 18.0 Å². The summed E-state index contributed by atoms with van der Waals surface area (Å²) in [7, 11) is 0. The highest BCUT2D eigenvalue weighted by atomic mass is 32.2. The molecular formula is C11H20N2S2. The lowest BCUT2D eigenvalue weighted by atomic mass is 10.1. The van der Waals surface area contributed by atoms with Crippen molar-refractivity contribution in [2.45, 2.75) is 38.8 Å². The second-order valence-corrected chi connectivity index (χ2v) is 6.82. The van der Waals surface area contributed by atoms with Gasteiger partial charge in [-0.25, -0.2) is 0 Å². The molecule has 1 saturated heterocycles. The summed E-state index contributed by atoms with van der Waals surface area (Å²) < 4.78 is 0. The summed E-state index contributed by atoms with van der Waals surface area (Å²) in [5.74, 6) is 4.46. The smallest absolute Gasteiger partial charge is 0.157 e. The molecule has 1 unspecified atom stereocenters. The lowest BCUT2D eigenvalue weighted by Gasteiger charge is -2.22. The summed E-state index contributed by atoms with van der Waals surface area (Å²) in [5.41, 5.74) is 0. The summed E-state index contributed by atoms with van der Waals surface area (Å²) in [6, 6.07) is 1.22. The van der Waals surface area contributed by atoms with Crippen molar-refractivity contribution >= 4 is 28.7 Å². The first-order chi connectivity index (χ1) is 7.25. The maximum Gasteiger partial charge on any atom is 0.157 e. The molecule has 1 N–H and O–H groups in total. The molecule has 2 aliphatic heterocycles. The van der Waals surface area contributed by atoms with Crippen LogP contribution in [-0.2, 0) is 0 Å². The number of hydrogen-bond donors (Lipinski definition) is 1. The Morgan fingerprint density at radius 3 is 2.67 bits per heavy atom. The molecular weight excluding hydrogens is 224 g/mol. The van der Waals surface area contributed by atoms with E-state index >= 15 is 0 Å². The maximum absolute atomic E-state index is 4.74. The summed E-state index contributed by atoms with van der Waals surface area (Å²) in [6.45, 7) is 4.52. The van der Waals surface area contributed by atoms with Crippen LogP contribution in [0.5, 0.6) is 0 Å². The van der Waals surface area contributed by atoms with E-state index in [1.807, 2.05) is 11.8 Å². The summed E-state index contributed by atoms with van der Waals surface area (Å²) in [5, 5.41) is 4.80. The molecule has 0 bridgehead atoms. The van der Waals surface area contributed by atoms with Crippen molar-refractivity contribution in [3.63, 3.8) is 0 Å². The first-order valence-corrected chi connectivity index (χ1v) is 7.94. The average molecular weight is 244 g/mol. The summed E-state index contributed by atoms with van der Waals surface area (Å²) >= 11 is 3.98. The van der Waals surface area contributed by atoms with Gasteiger partial charge in [-0.05, 0) is 30.3 Å². The van der Waals surface area contributed by atoms with Crippen LogP contribution in [-0.4, -0.2) is 34.5 Å². The molecule has 0 radical (unpaired) electrons. The van der Waals surface area contributed by atoms with Crippen LogP contribution in [0.25, 0.3) is 0 Å². The summed E-state index contributed by atoms with van der Waals surface area (Å²) in [4.78, 5) is 4.74. The Bertz CT molecular complexity index is 235. The van der Waals surface area contributed by atoms with Crippen molar-refractivity contribution in [1.82, 2.24) is 5.32 Å². The highest BCUT2D eigenvalue weighted by Gasteiger charge is 2.23. The van der Waals surface area contributed by atoms with Crippen LogP contribution in [0, 0.1) is 5.92 Å². The fraction of sp³-hybridized carbons (Fsp3) is 0.909. The van der Waals surface area contributed by atoms with E-state index in [0.717, 1.165) is 0 Å². The van der Waals surface area contributed by atoms with Crippen molar-refractivity contribution in [2.24, 2.45) is 10.9 Å². The zero-order valence-corrected chi connectivity index (χ0v) is 11.2. The van der Waals surface area contributed by atoms with Crippen LogP contribution in [0.1, 0.15) is 26.7 Å². The predicted octanol–water partition coefficient (Wildman–Crippen LogP) is 2.60. The van der Waals surface area contributed by atoms with Crippen molar-refractivity contribution < 1.29 is 0 Å². The fourth-order valence-corrected chi connectivity index (χ4v) is 4.18. The Labute approximate surface area is 101 Å². The van der Waals surface area contributed by atoms with Gasteiger partial charge in [0, 0.05) is 11.8 Å². The Balaban J connectivity index is 1.81. The number of aliphatic imine (C=N–C) groups is 1. The largest absolute Gasteiger partial charge is 0.362 e. The monoisotopic (exact) mass is 244 g/mol. The number of thioether (sulfide) groups is 2. The van der Waals surface area contributed by atoms with Gasteiger partial charge in [0.1, 0.15) is 0 Å². The van der Waals surface area contributed by atoms with Crippen molar-refractivity contribution in [3.8, 4) is 0 Å². The van der Waals surface area contributed by atoms with E-state index in [2.05, 4.69) is 30.9 Å². The van der Waals surface area contributed by atoms with Gasteiger partial charge < -0.3 is 5.32 Å². The SMILES string of the molecule is CC(C)C1CSC(NC2CCSCC2)=N1. The van der Waals surface area contributed by atoms with Gasteiger partial charge in [0.05, 0.1) is 6.04 Å². The Kier molecular flexibility index (Phi) is 4.26. The molecule has 0 aliphatic carbocycles. The fourth-order valence-electron chi connectivity index (χ4n) is 1.83. The molecule has 4 heteroatoms. The van der Waals surface area contributed by atoms with Crippen LogP contribution < -0.4 is 5.32 Å². The molecule has 86 valence electrons. The van der Waals surface area contributed by atoms with Gasteiger partial charge in [-0.3, -0.25) is 4.99 Å². The van der Waals surface area contributed by atoms with E-state index in [-0.39, 0.29) is 0 Å². The molecule has 0 amide bonds. The molecule has 1 atom stereocenters. The normalized spacial score (nSPS) is 28.2. The third-order valence-corrected chi connectivity index (χ3v) is 5.05. The second-order valence-electron chi connectivity index (χ2n) is 4.59. The van der Waals surface area contributed by atoms with Gasteiger partial charge in [0.25, 0.3) is 0 Å². The standard InChI is InChI=1S/C11H20N2S2/c1-8(2)10-7-15-11(13-10)12-9-3-5-14-6-4-9/h8-10H,3-7H2,1-2H3,(H,12,13). The number of rotatable bonds is 2. The molecule has 2 nitrogen and oxygen atoms in total. The third kappa shape index (κ3) is 3.31. The zero-order valence-electron chi connectivity index (χ0n) is 9.53. The van der Waals surface area contributed by atoms with Gasteiger partial charge in [-0.15, -0.1) is 0 Å². The van der Waals surface area contributed by atoms with Crippen LogP contribution in [0.2, 0.25) is 0 Å². The van der Waals surface area contributed by atoms with Gasteiger partial charge in [-0.2, -0.15) is 11.8 Å². The second kappa shape index (κ2) is 5.48. The Morgan fingerprint density at radius 2 is 2.07 bits per heavy atom. The molecule has 0 spiro atoms. The molecule has 1 fully saturated rings. The van der Waals surface area contributed by atoms with Crippen molar-refractivity contribution in [3.05, 3.63) is 0 Å². The molecule has 0 saturated carbocycles. The van der Waals surface area contributed by atoms with Crippen molar-refractivity contribution in [2.75, 3.05) is 17.3 Å². The number of hydrogen-bond acceptors (Lipinski definition) is 4. The molecule has 2 aliphatic rings. The minimum atomic E-state index is 0.537. The maximum atomic E-state index is 4.74. The summed E-state index contributed by atoms with van der Waals surface area (Å²) in [6.07, 6.45) is 2.60. The third-order valence-electron chi connectivity index (χ3n) is 2.99. The van der Waals surface area contributed by atoms with Crippen LogP contribution in [0.3, 0.4) is 0 Å². The van der Waals surface area contributed by atoms with E-state index in [1.165, 1.54) is 35.3 Å².